The first kappa shape index (κ1) is 16.2. The SMILES string of the molecule is CCCS(=O)(=O)N1C[C@@H](Nc2ncccn2)[C@H](C(C)C)C1. The van der Waals surface area contributed by atoms with Crippen molar-refractivity contribution in [3.63, 3.8) is 0 Å². The summed E-state index contributed by atoms with van der Waals surface area (Å²) in [5.74, 6) is 1.43. The first-order valence-electron chi connectivity index (χ1n) is 7.45. The van der Waals surface area contributed by atoms with E-state index in [-0.39, 0.29) is 17.7 Å². The van der Waals surface area contributed by atoms with Crippen molar-refractivity contribution < 1.29 is 8.42 Å². The van der Waals surface area contributed by atoms with Crippen LogP contribution in [0, 0.1) is 11.8 Å². The lowest BCUT2D eigenvalue weighted by Crippen LogP contribution is -2.34. The molecule has 1 aliphatic heterocycles. The number of nitrogens with one attached hydrogen (secondary N) is 1. The first-order valence-corrected chi connectivity index (χ1v) is 9.06. The van der Waals surface area contributed by atoms with Crippen LogP contribution in [0.15, 0.2) is 18.5 Å². The van der Waals surface area contributed by atoms with Crippen LogP contribution in [0.1, 0.15) is 27.2 Å². The number of nitrogens with zero attached hydrogens (tertiary/aromatic N) is 3. The lowest BCUT2D eigenvalue weighted by molar-refractivity contribution is 0.375. The number of rotatable bonds is 6. The van der Waals surface area contributed by atoms with Gasteiger partial charge in [0, 0.05) is 31.5 Å². The van der Waals surface area contributed by atoms with Crippen LogP contribution >= 0.6 is 0 Å². The third kappa shape index (κ3) is 3.91. The minimum atomic E-state index is -3.15. The van der Waals surface area contributed by atoms with E-state index in [9.17, 15) is 8.42 Å². The van der Waals surface area contributed by atoms with Gasteiger partial charge in [-0.2, -0.15) is 4.31 Å². The molecule has 2 atom stereocenters. The molecule has 1 saturated heterocycles. The van der Waals surface area contributed by atoms with Crippen molar-refractivity contribution in [3.05, 3.63) is 18.5 Å². The molecular weight excluding hydrogens is 288 g/mol. The number of hydrogen-bond acceptors (Lipinski definition) is 5. The number of aromatic nitrogens is 2. The smallest absolute Gasteiger partial charge is 0.222 e. The van der Waals surface area contributed by atoms with Gasteiger partial charge in [0.05, 0.1) is 5.75 Å². The molecule has 0 aromatic carbocycles. The summed E-state index contributed by atoms with van der Waals surface area (Å²) < 4.78 is 26.1. The average molecular weight is 312 g/mol. The van der Waals surface area contributed by atoms with E-state index in [1.165, 1.54) is 0 Å². The molecule has 6 nitrogen and oxygen atoms in total. The molecule has 21 heavy (non-hydrogen) atoms. The van der Waals surface area contributed by atoms with Crippen LogP contribution in [0.3, 0.4) is 0 Å². The molecular formula is C14H24N4O2S. The normalized spacial score (nSPS) is 23.6. The monoisotopic (exact) mass is 312 g/mol. The van der Waals surface area contributed by atoms with Crippen LogP contribution < -0.4 is 5.32 Å². The molecule has 7 heteroatoms. The van der Waals surface area contributed by atoms with E-state index in [4.69, 9.17) is 0 Å². The van der Waals surface area contributed by atoms with Crippen LogP contribution in [0.4, 0.5) is 5.95 Å². The second-order valence-corrected chi connectivity index (χ2v) is 7.95. The molecule has 1 aromatic heterocycles. The van der Waals surface area contributed by atoms with Gasteiger partial charge in [-0.05, 0) is 24.3 Å². The Morgan fingerprint density at radius 1 is 1.33 bits per heavy atom. The fourth-order valence-corrected chi connectivity index (χ4v) is 4.33. The summed E-state index contributed by atoms with van der Waals surface area (Å²) in [7, 11) is -3.15. The van der Waals surface area contributed by atoms with Gasteiger partial charge >= 0.3 is 0 Å². The lowest BCUT2D eigenvalue weighted by Gasteiger charge is -2.22. The average Bonchev–Trinajstić information content (AvgIpc) is 2.85. The summed E-state index contributed by atoms with van der Waals surface area (Å²) in [5.41, 5.74) is 0. The van der Waals surface area contributed by atoms with Gasteiger partial charge in [0.25, 0.3) is 0 Å². The Balaban J connectivity index is 2.13. The highest BCUT2D eigenvalue weighted by atomic mass is 32.2. The van der Waals surface area contributed by atoms with E-state index in [0.29, 0.717) is 31.4 Å². The molecule has 0 unspecified atom stereocenters. The molecule has 118 valence electrons. The third-order valence-electron chi connectivity index (χ3n) is 3.92. The molecule has 0 aliphatic carbocycles. The minimum Gasteiger partial charge on any atom is -0.350 e. The second-order valence-electron chi connectivity index (χ2n) is 5.86. The van der Waals surface area contributed by atoms with Gasteiger partial charge in [-0.15, -0.1) is 0 Å². The molecule has 2 rings (SSSR count). The lowest BCUT2D eigenvalue weighted by atomic mass is 9.91. The summed E-state index contributed by atoms with van der Waals surface area (Å²) in [6.45, 7) is 7.21. The summed E-state index contributed by atoms with van der Waals surface area (Å²) in [6.07, 6.45) is 4.01. The fourth-order valence-electron chi connectivity index (χ4n) is 2.77. The van der Waals surface area contributed by atoms with E-state index in [1.807, 2.05) is 6.92 Å². The van der Waals surface area contributed by atoms with E-state index < -0.39 is 10.0 Å². The van der Waals surface area contributed by atoms with Gasteiger partial charge in [0.1, 0.15) is 0 Å². The Bertz CT molecular complexity index is 547. The predicted molar refractivity (Wildman–Crippen MR) is 83.4 cm³/mol. The Morgan fingerprint density at radius 2 is 2.00 bits per heavy atom. The van der Waals surface area contributed by atoms with Crippen molar-refractivity contribution in [1.82, 2.24) is 14.3 Å². The van der Waals surface area contributed by atoms with Crippen molar-refractivity contribution >= 4 is 16.0 Å². The zero-order valence-corrected chi connectivity index (χ0v) is 13.7. The van der Waals surface area contributed by atoms with Gasteiger partial charge in [0.15, 0.2) is 0 Å². The van der Waals surface area contributed by atoms with Gasteiger partial charge in [-0.1, -0.05) is 20.8 Å². The summed E-state index contributed by atoms with van der Waals surface area (Å²) in [4.78, 5) is 8.34. The molecule has 0 spiro atoms. The highest BCUT2D eigenvalue weighted by Gasteiger charge is 2.39. The quantitative estimate of drug-likeness (QED) is 0.863. The van der Waals surface area contributed by atoms with Crippen molar-refractivity contribution in [3.8, 4) is 0 Å². The Labute approximate surface area is 127 Å². The number of sulfonamides is 1. The summed E-state index contributed by atoms with van der Waals surface area (Å²) in [5, 5.41) is 3.29. The Hall–Kier alpha value is -1.21. The molecule has 1 fully saturated rings. The molecule has 2 heterocycles. The number of anilines is 1. The van der Waals surface area contributed by atoms with Crippen molar-refractivity contribution in [1.29, 1.82) is 0 Å². The Kier molecular flexibility index (Phi) is 5.16. The summed E-state index contributed by atoms with van der Waals surface area (Å²) >= 11 is 0. The largest absolute Gasteiger partial charge is 0.350 e. The van der Waals surface area contributed by atoms with Crippen LogP contribution in [0.5, 0.6) is 0 Å². The van der Waals surface area contributed by atoms with E-state index in [2.05, 4.69) is 29.1 Å². The van der Waals surface area contributed by atoms with Crippen molar-refractivity contribution in [2.45, 2.75) is 33.2 Å². The van der Waals surface area contributed by atoms with Gasteiger partial charge in [-0.3, -0.25) is 0 Å². The minimum absolute atomic E-state index is 0.0547. The zero-order valence-electron chi connectivity index (χ0n) is 12.9. The molecule has 1 aliphatic rings. The van der Waals surface area contributed by atoms with Crippen molar-refractivity contribution in [2.75, 3.05) is 24.2 Å². The summed E-state index contributed by atoms with van der Waals surface area (Å²) in [6, 6.07) is 1.82. The molecule has 0 bridgehead atoms. The molecule has 0 saturated carbocycles. The van der Waals surface area contributed by atoms with E-state index in [1.54, 1.807) is 22.8 Å². The maximum Gasteiger partial charge on any atom is 0.222 e. The zero-order chi connectivity index (χ0) is 15.5. The highest BCUT2D eigenvalue weighted by molar-refractivity contribution is 7.89. The van der Waals surface area contributed by atoms with Crippen LogP contribution in [-0.4, -0.2) is 47.6 Å². The standard InChI is InChI=1S/C14H24N4O2S/c1-4-8-21(19,20)18-9-12(11(2)3)13(10-18)17-14-15-6-5-7-16-14/h5-7,11-13H,4,8-10H2,1-3H3,(H,15,16,17)/t12-,13+/m0/s1. The van der Waals surface area contributed by atoms with E-state index in [0.717, 1.165) is 0 Å². The van der Waals surface area contributed by atoms with Gasteiger partial charge < -0.3 is 5.32 Å². The fraction of sp³-hybridized carbons (Fsp3) is 0.714. The van der Waals surface area contributed by atoms with Crippen molar-refractivity contribution in [2.24, 2.45) is 11.8 Å². The Morgan fingerprint density at radius 3 is 2.57 bits per heavy atom. The number of hydrogen-bond donors (Lipinski definition) is 1. The maximum absolute atomic E-state index is 12.3. The molecule has 0 radical (unpaired) electrons. The molecule has 1 N–H and O–H groups in total. The van der Waals surface area contributed by atoms with Crippen LogP contribution in [-0.2, 0) is 10.0 Å². The molecule has 1 aromatic rings. The maximum atomic E-state index is 12.3. The van der Waals surface area contributed by atoms with Crippen LogP contribution in [0.25, 0.3) is 0 Å². The second kappa shape index (κ2) is 6.70. The topological polar surface area (TPSA) is 75.2 Å². The highest BCUT2D eigenvalue weighted by Crippen LogP contribution is 2.28. The molecule has 0 amide bonds. The van der Waals surface area contributed by atoms with Gasteiger partial charge in [0.2, 0.25) is 16.0 Å². The van der Waals surface area contributed by atoms with Gasteiger partial charge in [-0.25, -0.2) is 18.4 Å². The predicted octanol–water partition coefficient (Wildman–Crippen LogP) is 1.58. The van der Waals surface area contributed by atoms with Crippen LogP contribution in [0.2, 0.25) is 0 Å². The third-order valence-corrected chi connectivity index (χ3v) is 5.93. The first-order chi connectivity index (χ1) is 9.94. The van der Waals surface area contributed by atoms with E-state index >= 15 is 0 Å².